The minimum Gasteiger partial charge on any atom is -0.304 e. The van der Waals surface area contributed by atoms with Gasteiger partial charge in [0.2, 0.25) is 0 Å². The van der Waals surface area contributed by atoms with E-state index >= 15 is 0 Å². The van der Waals surface area contributed by atoms with Gasteiger partial charge in [0, 0.05) is 18.3 Å². The van der Waals surface area contributed by atoms with Crippen LogP contribution < -0.4 is 0 Å². The van der Waals surface area contributed by atoms with Crippen molar-refractivity contribution in [1.29, 1.82) is 5.41 Å². The van der Waals surface area contributed by atoms with E-state index in [0.29, 0.717) is 11.8 Å². The summed E-state index contributed by atoms with van der Waals surface area (Å²) >= 11 is 0. The third kappa shape index (κ3) is 2.50. The van der Waals surface area contributed by atoms with E-state index in [2.05, 4.69) is 9.98 Å². The van der Waals surface area contributed by atoms with Crippen LogP contribution in [0.1, 0.15) is 44.9 Å². The summed E-state index contributed by atoms with van der Waals surface area (Å²) < 4.78 is 0. The van der Waals surface area contributed by atoms with E-state index in [0.717, 1.165) is 25.1 Å². The number of hydrogen-bond acceptors (Lipinski definition) is 2. The Bertz CT molecular complexity index is 272. The van der Waals surface area contributed by atoms with Crippen LogP contribution in [0.2, 0.25) is 0 Å². The number of amidine groups is 1. The summed E-state index contributed by atoms with van der Waals surface area (Å²) in [6.07, 6.45) is 9.61. The lowest BCUT2D eigenvalue weighted by Crippen LogP contribution is -2.02. The first kappa shape index (κ1) is 9.56. The van der Waals surface area contributed by atoms with Gasteiger partial charge in [-0.3, -0.25) is 4.99 Å². The van der Waals surface area contributed by atoms with Gasteiger partial charge in [-0.15, -0.1) is 0 Å². The molecule has 0 amide bonds. The topological polar surface area (TPSA) is 48.6 Å². The Morgan fingerprint density at radius 3 is 2.79 bits per heavy atom. The number of hydrogen-bond donors (Lipinski definition) is 1. The molecule has 0 spiro atoms. The molecule has 0 unspecified atom stereocenters. The standard InChI is InChI=1S/C11H17N3/c12-9-4-3-7-11(13-8-9)14-10-5-1-2-6-10/h8,10,12H,1-7H2. The normalized spacial score (nSPS) is 27.1. The second-order valence-electron chi connectivity index (χ2n) is 4.12. The fraction of sp³-hybridized carbons (Fsp3) is 0.727. The van der Waals surface area contributed by atoms with Crippen LogP contribution in [0, 0.1) is 5.41 Å². The first-order chi connectivity index (χ1) is 6.84. The molecule has 1 heterocycles. The molecule has 0 aromatic heterocycles. The highest BCUT2D eigenvalue weighted by molar-refractivity contribution is 6.31. The molecule has 1 aliphatic heterocycles. The van der Waals surface area contributed by atoms with Gasteiger partial charge >= 0.3 is 0 Å². The van der Waals surface area contributed by atoms with Crippen molar-refractivity contribution in [1.82, 2.24) is 0 Å². The predicted octanol–water partition coefficient (Wildman–Crippen LogP) is 2.60. The van der Waals surface area contributed by atoms with Crippen LogP contribution in [-0.2, 0) is 0 Å². The summed E-state index contributed by atoms with van der Waals surface area (Å²) in [5.41, 5.74) is 0.640. The molecular formula is C11H17N3. The molecular weight excluding hydrogens is 174 g/mol. The monoisotopic (exact) mass is 191 g/mol. The van der Waals surface area contributed by atoms with Crippen molar-refractivity contribution in [3.05, 3.63) is 0 Å². The maximum absolute atomic E-state index is 7.50. The fourth-order valence-corrected chi connectivity index (χ4v) is 2.06. The van der Waals surface area contributed by atoms with Crippen LogP contribution >= 0.6 is 0 Å². The Morgan fingerprint density at radius 1 is 1.21 bits per heavy atom. The zero-order chi connectivity index (χ0) is 9.80. The zero-order valence-electron chi connectivity index (χ0n) is 8.50. The Labute approximate surface area is 84.9 Å². The van der Waals surface area contributed by atoms with Gasteiger partial charge in [0.15, 0.2) is 0 Å². The molecule has 0 aromatic carbocycles. The van der Waals surface area contributed by atoms with E-state index in [1.165, 1.54) is 25.7 Å². The summed E-state index contributed by atoms with van der Waals surface area (Å²) in [6, 6.07) is 0.523. The smallest absolute Gasteiger partial charge is 0.123 e. The third-order valence-corrected chi connectivity index (χ3v) is 2.87. The van der Waals surface area contributed by atoms with Crippen LogP contribution in [0.15, 0.2) is 9.98 Å². The van der Waals surface area contributed by atoms with Crippen molar-refractivity contribution < 1.29 is 0 Å². The highest BCUT2D eigenvalue weighted by Gasteiger charge is 2.15. The molecule has 0 saturated heterocycles. The van der Waals surface area contributed by atoms with Crippen molar-refractivity contribution in [2.75, 3.05) is 0 Å². The quantitative estimate of drug-likeness (QED) is 0.662. The molecule has 3 heteroatoms. The van der Waals surface area contributed by atoms with E-state index in [-0.39, 0.29) is 0 Å². The number of nitrogens with zero attached hydrogens (tertiary/aromatic N) is 2. The van der Waals surface area contributed by atoms with Crippen molar-refractivity contribution in [3.8, 4) is 0 Å². The average molecular weight is 191 g/mol. The van der Waals surface area contributed by atoms with Gasteiger partial charge in [-0.25, -0.2) is 4.99 Å². The molecule has 2 rings (SSSR count). The predicted molar refractivity (Wildman–Crippen MR) is 59.8 cm³/mol. The maximum Gasteiger partial charge on any atom is 0.123 e. The first-order valence-corrected chi connectivity index (χ1v) is 5.53. The van der Waals surface area contributed by atoms with Crippen molar-refractivity contribution in [2.24, 2.45) is 9.98 Å². The largest absolute Gasteiger partial charge is 0.304 e. The summed E-state index contributed by atoms with van der Waals surface area (Å²) in [6.45, 7) is 0. The molecule has 1 aliphatic carbocycles. The highest BCUT2D eigenvalue weighted by Crippen LogP contribution is 2.21. The number of rotatable bonds is 1. The van der Waals surface area contributed by atoms with Crippen LogP contribution in [-0.4, -0.2) is 23.8 Å². The van der Waals surface area contributed by atoms with Gasteiger partial charge in [0.1, 0.15) is 5.84 Å². The second kappa shape index (κ2) is 4.49. The number of aliphatic imine (C=N–C) groups is 2. The van der Waals surface area contributed by atoms with Gasteiger partial charge in [-0.05, 0) is 25.7 Å². The maximum atomic E-state index is 7.50. The molecule has 2 aliphatic rings. The molecule has 1 fully saturated rings. The third-order valence-electron chi connectivity index (χ3n) is 2.87. The number of nitrogens with one attached hydrogen (secondary N) is 1. The Morgan fingerprint density at radius 2 is 2.00 bits per heavy atom. The van der Waals surface area contributed by atoms with E-state index in [4.69, 9.17) is 5.41 Å². The minimum atomic E-state index is 0.523. The van der Waals surface area contributed by atoms with Crippen molar-refractivity contribution in [2.45, 2.75) is 51.0 Å². The second-order valence-corrected chi connectivity index (χ2v) is 4.12. The van der Waals surface area contributed by atoms with E-state index < -0.39 is 0 Å². The average Bonchev–Trinajstić information content (AvgIpc) is 2.58. The zero-order valence-corrected chi connectivity index (χ0v) is 8.50. The van der Waals surface area contributed by atoms with Crippen molar-refractivity contribution >= 4 is 17.8 Å². The molecule has 1 N–H and O–H groups in total. The molecule has 0 radical (unpaired) electrons. The van der Waals surface area contributed by atoms with E-state index in [1.54, 1.807) is 6.21 Å². The molecule has 0 atom stereocenters. The first-order valence-electron chi connectivity index (χ1n) is 5.53. The molecule has 14 heavy (non-hydrogen) atoms. The minimum absolute atomic E-state index is 0.523. The van der Waals surface area contributed by atoms with Crippen LogP contribution in [0.25, 0.3) is 0 Å². The summed E-state index contributed by atoms with van der Waals surface area (Å²) in [4.78, 5) is 8.92. The van der Waals surface area contributed by atoms with Gasteiger partial charge in [-0.1, -0.05) is 12.8 Å². The van der Waals surface area contributed by atoms with Gasteiger partial charge in [0.05, 0.1) is 6.04 Å². The summed E-state index contributed by atoms with van der Waals surface area (Å²) in [5.74, 6) is 0.971. The lowest BCUT2D eigenvalue weighted by atomic mass is 10.2. The van der Waals surface area contributed by atoms with Gasteiger partial charge in [-0.2, -0.15) is 0 Å². The molecule has 0 bridgehead atoms. The van der Waals surface area contributed by atoms with Crippen LogP contribution in [0.5, 0.6) is 0 Å². The van der Waals surface area contributed by atoms with Crippen LogP contribution in [0.4, 0.5) is 0 Å². The van der Waals surface area contributed by atoms with Crippen molar-refractivity contribution in [3.63, 3.8) is 0 Å². The Balaban J connectivity index is 2.01. The Kier molecular flexibility index (Phi) is 3.07. The van der Waals surface area contributed by atoms with Crippen LogP contribution in [0.3, 0.4) is 0 Å². The Hall–Kier alpha value is -0.990. The summed E-state index contributed by atoms with van der Waals surface area (Å²) in [5, 5.41) is 7.50. The molecule has 1 saturated carbocycles. The SMILES string of the molecule is N=C1C=NC(=NC2CCCC2)CCC1. The van der Waals surface area contributed by atoms with E-state index in [9.17, 15) is 0 Å². The highest BCUT2D eigenvalue weighted by atomic mass is 14.9. The lowest BCUT2D eigenvalue weighted by molar-refractivity contribution is 0.700. The lowest BCUT2D eigenvalue weighted by Gasteiger charge is -2.03. The molecule has 3 nitrogen and oxygen atoms in total. The molecule has 76 valence electrons. The fourth-order valence-electron chi connectivity index (χ4n) is 2.06. The van der Waals surface area contributed by atoms with Gasteiger partial charge < -0.3 is 5.41 Å². The van der Waals surface area contributed by atoms with E-state index in [1.807, 2.05) is 0 Å². The van der Waals surface area contributed by atoms with Gasteiger partial charge in [0.25, 0.3) is 0 Å². The summed E-state index contributed by atoms with van der Waals surface area (Å²) in [7, 11) is 0. The molecule has 0 aromatic rings.